The fourth-order valence-electron chi connectivity index (χ4n) is 4.04. The SMILES string of the molecule is CCCc1ccccc1.CCc1ccc2ccc3cccc4ccc1c2c34. The topological polar surface area (TPSA) is 0 Å². The maximum Gasteiger partial charge on any atom is -0.00240 e. The Balaban J connectivity index is 0.000000170. The van der Waals surface area contributed by atoms with Crippen LogP contribution in [-0.2, 0) is 12.8 Å². The quantitative estimate of drug-likeness (QED) is 0.291. The molecule has 0 saturated heterocycles. The van der Waals surface area contributed by atoms with Crippen molar-refractivity contribution < 1.29 is 0 Å². The molecular formula is C27H26. The molecule has 0 aliphatic rings. The van der Waals surface area contributed by atoms with Crippen molar-refractivity contribution in [3.05, 3.63) is 96.1 Å². The Morgan fingerprint density at radius 1 is 0.556 bits per heavy atom. The second-order valence-electron chi connectivity index (χ2n) is 7.17. The van der Waals surface area contributed by atoms with Crippen LogP contribution in [0.15, 0.2) is 84.9 Å². The van der Waals surface area contributed by atoms with E-state index < -0.39 is 0 Å². The molecule has 0 aliphatic carbocycles. The summed E-state index contributed by atoms with van der Waals surface area (Å²) in [6.45, 7) is 4.43. The highest BCUT2D eigenvalue weighted by Crippen LogP contribution is 2.35. The van der Waals surface area contributed by atoms with Gasteiger partial charge < -0.3 is 0 Å². The fraction of sp³-hybridized carbons (Fsp3) is 0.185. The number of rotatable bonds is 3. The Morgan fingerprint density at radius 2 is 1.19 bits per heavy atom. The van der Waals surface area contributed by atoms with E-state index in [2.05, 4.69) is 98.8 Å². The molecule has 5 aromatic carbocycles. The van der Waals surface area contributed by atoms with Crippen molar-refractivity contribution in [3.8, 4) is 0 Å². The van der Waals surface area contributed by atoms with Crippen molar-refractivity contribution in [2.45, 2.75) is 33.1 Å². The normalized spacial score (nSPS) is 11.0. The Hall–Kier alpha value is -2.86. The van der Waals surface area contributed by atoms with Gasteiger partial charge in [0, 0.05) is 0 Å². The summed E-state index contributed by atoms with van der Waals surface area (Å²) in [4.78, 5) is 0. The maximum atomic E-state index is 2.28. The summed E-state index contributed by atoms with van der Waals surface area (Å²) in [6, 6.07) is 30.7. The molecule has 0 N–H and O–H groups in total. The predicted octanol–water partition coefficient (Wildman–Crippen LogP) is 7.79. The van der Waals surface area contributed by atoms with Crippen LogP contribution in [0.1, 0.15) is 31.4 Å². The lowest BCUT2D eigenvalue weighted by Gasteiger charge is -2.12. The molecule has 0 fully saturated rings. The zero-order valence-corrected chi connectivity index (χ0v) is 16.2. The monoisotopic (exact) mass is 350 g/mol. The van der Waals surface area contributed by atoms with Gasteiger partial charge in [0.1, 0.15) is 0 Å². The Bertz CT molecular complexity index is 1140. The van der Waals surface area contributed by atoms with Gasteiger partial charge in [0.15, 0.2) is 0 Å². The van der Waals surface area contributed by atoms with Gasteiger partial charge in [-0.1, -0.05) is 105 Å². The minimum Gasteiger partial charge on any atom is -0.0651 e. The molecule has 0 aromatic heterocycles. The van der Waals surface area contributed by atoms with Gasteiger partial charge in [0.05, 0.1) is 0 Å². The van der Waals surface area contributed by atoms with Crippen LogP contribution in [0, 0.1) is 0 Å². The first-order chi connectivity index (χ1) is 13.3. The lowest BCUT2D eigenvalue weighted by atomic mass is 9.91. The van der Waals surface area contributed by atoms with Crippen LogP contribution in [-0.4, -0.2) is 0 Å². The van der Waals surface area contributed by atoms with E-state index >= 15 is 0 Å². The standard InChI is InChI=1S/C18H14.C9H12/c1-2-12-6-7-15-9-8-13-4-3-5-14-10-11-16(12)18(15)17(13)14;1-2-6-9-7-4-3-5-8-9/h3-11H,2H2,1H3;3-5,7-8H,2,6H2,1H3. The lowest BCUT2D eigenvalue weighted by molar-refractivity contribution is 0.922. The van der Waals surface area contributed by atoms with Crippen molar-refractivity contribution in [2.75, 3.05) is 0 Å². The average molecular weight is 351 g/mol. The number of hydrogen-bond donors (Lipinski definition) is 0. The second-order valence-corrected chi connectivity index (χ2v) is 7.17. The summed E-state index contributed by atoms with van der Waals surface area (Å²) in [6.07, 6.45) is 3.54. The van der Waals surface area contributed by atoms with E-state index in [1.54, 1.807) is 0 Å². The first-order valence-electron chi connectivity index (χ1n) is 10.0. The molecule has 27 heavy (non-hydrogen) atoms. The van der Waals surface area contributed by atoms with Gasteiger partial charge in [-0.25, -0.2) is 0 Å². The summed E-state index contributed by atoms with van der Waals surface area (Å²) in [5.41, 5.74) is 2.89. The summed E-state index contributed by atoms with van der Waals surface area (Å²) in [7, 11) is 0. The Labute approximate surface area is 161 Å². The van der Waals surface area contributed by atoms with Crippen LogP contribution in [0.3, 0.4) is 0 Å². The molecule has 0 amide bonds. The van der Waals surface area contributed by atoms with Crippen LogP contribution in [0.25, 0.3) is 32.3 Å². The minimum atomic E-state index is 1.09. The smallest absolute Gasteiger partial charge is 0.00240 e. The Morgan fingerprint density at radius 3 is 1.85 bits per heavy atom. The summed E-state index contributed by atoms with van der Waals surface area (Å²) in [5, 5.41) is 8.32. The van der Waals surface area contributed by atoms with Crippen molar-refractivity contribution in [3.63, 3.8) is 0 Å². The minimum absolute atomic E-state index is 1.09. The molecule has 5 aromatic rings. The highest BCUT2D eigenvalue weighted by molar-refractivity contribution is 6.23. The molecule has 0 heterocycles. The molecule has 0 radical (unpaired) electrons. The Kier molecular flexibility index (Phi) is 5.07. The van der Waals surface area contributed by atoms with E-state index in [-0.39, 0.29) is 0 Å². The van der Waals surface area contributed by atoms with Gasteiger partial charge in [-0.3, -0.25) is 0 Å². The van der Waals surface area contributed by atoms with Crippen LogP contribution >= 0.6 is 0 Å². The number of benzene rings is 5. The summed E-state index contributed by atoms with van der Waals surface area (Å²) in [5.74, 6) is 0. The third kappa shape index (κ3) is 3.40. The molecule has 0 unspecified atom stereocenters. The highest BCUT2D eigenvalue weighted by atomic mass is 14.1. The van der Waals surface area contributed by atoms with Gasteiger partial charge in [-0.05, 0) is 56.3 Å². The second kappa shape index (κ2) is 7.80. The first kappa shape index (κ1) is 17.5. The van der Waals surface area contributed by atoms with Crippen LogP contribution in [0.5, 0.6) is 0 Å². The zero-order chi connectivity index (χ0) is 18.6. The van der Waals surface area contributed by atoms with E-state index in [0.717, 1.165) is 6.42 Å². The van der Waals surface area contributed by atoms with E-state index in [1.165, 1.54) is 56.3 Å². The zero-order valence-electron chi connectivity index (χ0n) is 16.2. The molecule has 0 atom stereocenters. The van der Waals surface area contributed by atoms with E-state index in [9.17, 15) is 0 Å². The van der Waals surface area contributed by atoms with E-state index in [4.69, 9.17) is 0 Å². The first-order valence-corrected chi connectivity index (χ1v) is 10.0. The summed E-state index contributed by atoms with van der Waals surface area (Å²) >= 11 is 0. The molecule has 5 rings (SSSR count). The fourth-order valence-corrected chi connectivity index (χ4v) is 4.04. The van der Waals surface area contributed by atoms with Crippen molar-refractivity contribution in [1.82, 2.24) is 0 Å². The van der Waals surface area contributed by atoms with Gasteiger partial charge in [-0.2, -0.15) is 0 Å². The van der Waals surface area contributed by atoms with Gasteiger partial charge in [-0.15, -0.1) is 0 Å². The van der Waals surface area contributed by atoms with Crippen LogP contribution < -0.4 is 0 Å². The van der Waals surface area contributed by atoms with Crippen LogP contribution in [0.4, 0.5) is 0 Å². The maximum absolute atomic E-state index is 2.28. The third-order valence-electron chi connectivity index (χ3n) is 5.38. The van der Waals surface area contributed by atoms with Crippen molar-refractivity contribution in [2.24, 2.45) is 0 Å². The highest BCUT2D eigenvalue weighted by Gasteiger charge is 2.09. The predicted molar refractivity (Wildman–Crippen MR) is 120 cm³/mol. The molecule has 0 saturated carbocycles. The number of hydrogen-bond acceptors (Lipinski definition) is 0. The number of aryl methyl sites for hydroxylation is 2. The molecule has 134 valence electrons. The van der Waals surface area contributed by atoms with Gasteiger partial charge in [0.2, 0.25) is 0 Å². The molecule has 0 heteroatoms. The van der Waals surface area contributed by atoms with Gasteiger partial charge in [0.25, 0.3) is 0 Å². The third-order valence-corrected chi connectivity index (χ3v) is 5.38. The van der Waals surface area contributed by atoms with E-state index in [0.29, 0.717) is 0 Å². The molecule has 0 spiro atoms. The molecule has 0 bridgehead atoms. The lowest BCUT2D eigenvalue weighted by Crippen LogP contribution is -1.88. The van der Waals surface area contributed by atoms with Crippen molar-refractivity contribution in [1.29, 1.82) is 0 Å². The van der Waals surface area contributed by atoms with E-state index in [1.807, 2.05) is 0 Å². The van der Waals surface area contributed by atoms with Crippen LogP contribution in [0.2, 0.25) is 0 Å². The summed E-state index contributed by atoms with van der Waals surface area (Å²) < 4.78 is 0. The van der Waals surface area contributed by atoms with Crippen molar-refractivity contribution >= 4 is 32.3 Å². The van der Waals surface area contributed by atoms with Gasteiger partial charge >= 0.3 is 0 Å². The molecular weight excluding hydrogens is 324 g/mol. The largest absolute Gasteiger partial charge is 0.0651 e. The molecule has 0 aliphatic heterocycles. The molecule has 0 nitrogen and oxygen atoms in total. The average Bonchev–Trinajstić information content (AvgIpc) is 2.73.